The molecule has 0 radical (unpaired) electrons. The van der Waals surface area contributed by atoms with Gasteiger partial charge in [0, 0.05) is 24.3 Å². The van der Waals surface area contributed by atoms with Crippen LogP contribution in [-0.2, 0) is 9.53 Å². The number of aryl methyl sites for hydroxylation is 1. The van der Waals surface area contributed by atoms with Gasteiger partial charge >= 0.3 is 0 Å². The largest absolute Gasteiger partial charge is 0.484 e. The van der Waals surface area contributed by atoms with Crippen molar-refractivity contribution in [3.8, 4) is 5.75 Å². The van der Waals surface area contributed by atoms with Gasteiger partial charge < -0.3 is 19.7 Å². The summed E-state index contributed by atoms with van der Waals surface area (Å²) in [7, 11) is 0. The van der Waals surface area contributed by atoms with E-state index >= 15 is 0 Å². The Kier molecular flexibility index (Phi) is 6.65. The number of hydrogen-bond acceptors (Lipinski definition) is 4. The summed E-state index contributed by atoms with van der Waals surface area (Å²) in [4.78, 5) is 15.1. The fourth-order valence-corrected chi connectivity index (χ4v) is 3.57. The third-order valence-electron chi connectivity index (χ3n) is 4.48. The molecule has 1 N–H and O–H groups in total. The smallest absolute Gasteiger partial charge is 0.262 e. The number of ether oxygens (including phenoxy) is 2. The Morgan fingerprint density at radius 3 is 2.50 bits per heavy atom. The molecule has 0 aliphatic carbocycles. The van der Waals surface area contributed by atoms with E-state index in [2.05, 4.69) is 24.1 Å². The van der Waals surface area contributed by atoms with Crippen molar-refractivity contribution in [3.05, 3.63) is 59.7 Å². The molecule has 28 heavy (non-hydrogen) atoms. The number of amides is 1. The van der Waals surface area contributed by atoms with Crippen molar-refractivity contribution in [1.82, 2.24) is 4.90 Å². The molecular formula is C22H26N2O3S. The summed E-state index contributed by atoms with van der Waals surface area (Å²) in [6.45, 7) is 7.64. The third-order valence-corrected chi connectivity index (χ3v) is 4.97. The van der Waals surface area contributed by atoms with E-state index in [0.717, 1.165) is 34.9 Å². The average Bonchev–Trinajstić information content (AvgIpc) is 2.65. The molecule has 0 aromatic heterocycles. The van der Waals surface area contributed by atoms with E-state index in [-0.39, 0.29) is 24.7 Å². The molecule has 1 aliphatic rings. The van der Waals surface area contributed by atoms with Crippen LogP contribution in [0.25, 0.3) is 0 Å². The molecule has 1 heterocycles. The van der Waals surface area contributed by atoms with Crippen molar-refractivity contribution in [2.45, 2.75) is 33.0 Å². The first-order chi connectivity index (χ1) is 13.4. The van der Waals surface area contributed by atoms with Crippen molar-refractivity contribution in [3.63, 3.8) is 0 Å². The van der Waals surface area contributed by atoms with Gasteiger partial charge in [0.2, 0.25) is 0 Å². The molecule has 2 aromatic carbocycles. The molecule has 1 amide bonds. The van der Waals surface area contributed by atoms with Crippen molar-refractivity contribution >= 4 is 28.8 Å². The molecule has 0 spiro atoms. The first-order valence-corrected chi connectivity index (χ1v) is 9.85. The Balaban J connectivity index is 1.52. The summed E-state index contributed by atoms with van der Waals surface area (Å²) in [5.41, 5.74) is 2.82. The summed E-state index contributed by atoms with van der Waals surface area (Å²) < 4.78 is 11.4. The number of thiocarbonyl (C=S) groups is 1. The number of morpholine rings is 1. The fourth-order valence-electron chi connectivity index (χ4n) is 3.29. The number of anilines is 1. The summed E-state index contributed by atoms with van der Waals surface area (Å²) in [6, 6.07) is 15.2. The third kappa shape index (κ3) is 5.53. The van der Waals surface area contributed by atoms with Gasteiger partial charge in [-0.2, -0.15) is 0 Å². The lowest BCUT2D eigenvalue weighted by Crippen LogP contribution is -2.47. The minimum Gasteiger partial charge on any atom is -0.484 e. The van der Waals surface area contributed by atoms with Crippen LogP contribution in [0.5, 0.6) is 5.75 Å². The zero-order valence-electron chi connectivity index (χ0n) is 16.5. The lowest BCUT2D eigenvalue weighted by Gasteiger charge is -2.37. The average molecular weight is 399 g/mol. The van der Waals surface area contributed by atoms with E-state index in [1.807, 2.05) is 55.5 Å². The molecule has 0 saturated carbocycles. The molecule has 148 valence electrons. The van der Waals surface area contributed by atoms with Gasteiger partial charge in [0.1, 0.15) is 10.7 Å². The molecule has 6 heteroatoms. The summed E-state index contributed by atoms with van der Waals surface area (Å²) >= 11 is 5.64. The van der Waals surface area contributed by atoms with Gasteiger partial charge in [-0.1, -0.05) is 24.4 Å². The van der Waals surface area contributed by atoms with Gasteiger partial charge in [0.25, 0.3) is 5.91 Å². The standard InChI is InChI=1S/C22H26N2O3S/c1-15-5-4-6-19(11-15)23-21(25)14-26-20-9-7-18(8-10-20)22(28)24-12-16(2)27-17(3)13-24/h4-11,16-17H,12-14H2,1-3H3,(H,23,25)/t16-,17-/m0/s1. The van der Waals surface area contributed by atoms with Gasteiger partial charge in [-0.25, -0.2) is 0 Å². The zero-order chi connectivity index (χ0) is 20.1. The number of nitrogens with zero attached hydrogens (tertiary/aromatic N) is 1. The van der Waals surface area contributed by atoms with Crippen LogP contribution in [-0.4, -0.2) is 47.7 Å². The van der Waals surface area contributed by atoms with Gasteiger partial charge in [0.15, 0.2) is 6.61 Å². The van der Waals surface area contributed by atoms with Crippen LogP contribution in [0.3, 0.4) is 0 Å². The van der Waals surface area contributed by atoms with Crippen LogP contribution < -0.4 is 10.1 Å². The van der Waals surface area contributed by atoms with E-state index in [0.29, 0.717) is 5.75 Å². The number of rotatable bonds is 5. The highest BCUT2D eigenvalue weighted by Gasteiger charge is 2.24. The Hall–Kier alpha value is -2.44. The second-order valence-corrected chi connectivity index (χ2v) is 7.58. The van der Waals surface area contributed by atoms with Gasteiger partial charge in [-0.05, 0) is 62.7 Å². The van der Waals surface area contributed by atoms with Crippen LogP contribution in [0.15, 0.2) is 48.5 Å². The maximum atomic E-state index is 12.1. The van der Waals surface area contributed by atoms with E-state index < -0.39 is 0 Å². The van der Waals surface area contributed by atoms with E-state index in [1.54, 1.807) is 0 Å². The second-order valence-electron chi connectivity index (χ2n) is 7.20. The minimum absolute atomic E-state index is 0.0454. The molecule has 2 atom stereocenters. The SMILES string of the molecule is Cc1cccc(NC(=O)COc2ccc(C(=S)N3C[C@H](C)O[C@@H](C)C3)cc2)c1. The lowest BCUT2D eigenvalue weighted by molar-refractivity contribution is -0.118. The highest BCUT2D eigenvalue weighted by Crippen LogP contribution is 2.18. The Morgan fingerprint density at radius 2 is 1.86 bits per heavy atom. The number of carbonyl (C=O) groups excluding carboxylic acids is 1. The van der Waals surface area contributed by atoms with Gasteiger partial charge in [-0.15, -0.1) is 0 Å². The summed E-state index contributed by atoms with van der Waals surface area (Å²) in [6.07, 6.45) is 0.326. The molecule has 1 saturated heterocycles. The van der Waals surface area contributed by atoms with Crippen molar-refractivity contribution in [2.75, 3.05) is 25.0 Å². The van der Waals surface area contributed by atoms with Crippen molar-refractivity contribution in [2.24, 2.45) is 0 Å². The van der Waals surface area contributed by atoms with Crippen molar-refractivity contribution < 1.29 is 14.3 Å². The van der Waals surface area contributed by atoms with Gasteiger partial charge in [0.05, 0.1) is 12.2 Å². The highest BCUT2D eigenvalue weighted by atomic mass is 32.1. The summed E-state index contributed by atoms with van der Waals surface area (Å²) in [5.74, 6) is 0.441. The maximum absolute atomic E-state index is 12.1. The number of nitrogens with one attached hydrogen (secondary N) is 1. The normalized spacial score (nSPS) is 19.2. The quantitative estimate of drug-likeness (QED) is 0.777. The number of hydrogen-bond donors (Lipinski definition) is 1. The molecule has 5 nitrogen and oxygen atoms in total. The Morgan fingerprint density at radius 1 is 1.18 bits per heavy atom. The highest BCUT2D eigenvalue weighted by molar-refractivity contribution is 7.80. The zero-order valence-corrected chi connectivity index (χ0v) is 17.3. The summed E-state index contributed by atoms with van der Waals surface area (Å²) in [5, 5.41) is 2.83. The molecule has 2 aromatic rings. The molecule has 0 unspecified atom stereocenters. The molecule has 0 bridgehead atoms. The predicted molar refractivity (Wildman–Crippen MR) is 115 cm³/mol. The fraction of sp³-hybridized carbons (Fsp3) is 0.364. The number of benzene rings is 2. The number of carbonyl (C=O) groups is 1. The molecule has 1 fully saturated rings. The van der Waals surface area contributed by atoms with Crippen LogP contribution >= 0.6 is 12.2 Å². The second kappa shape index (κ2) is 9.17. The maximum Gasteiger partial charge on any atom is 0.262 e. The monoisotopic (exact) mass is 398 g/mol. The predicted octanol–water partition coefficient (Wildman–Crippen LogP) is 3.80. The van der Waals surface area contributed by atoms with E-state index in [1.165, 1.54) is 0 Å². The van der Waals surface area contributed by atoms with Crippen LogP contribution in [0.4, 0.5) is 5.69 Å². The topological polar surface area (TPSA) is 50.8 Å². The first-order valence-electron chi connectivity index (χ1n) is 9.45. The minimum atomic E-state index is -0.193. The van der Waals surface area contributed by atoms with Crippen LogP contribution in [0.2, 0.25) is 0 Å². The molecule has 3 rings (SSSR count). The Labute approximate surface area is 171 Å². The molecular weight excluding hydrogens is 372 g/mol. The first kappa shape index (κ1) is 20.3. The van der Waals surface area contributed by atoms with Crippen molar-refractivity contribution in [1.29, 1.82) is 0 Å². The van der Waals surface area contributed by atoms with Crippen LogP contribution in [0.1, 0.15) is 25.0 Å². The van der Waals surface area contributed by atoms with Gasteiger partial charge in [-0.3, -0.25) is 4.79 Å². The molecule has 1 aliphatic heterocycles. The Bertz CT molecular complexity index is 828. The van der Waals surface area contributed by atoms with E-state index in [9.17, 15) is 4.79 Å². The van der Waals surface area contributed by atoms with Crippen LogP contribution in [0, 0.1) is 6.92 Å². The lowest BCUT2D eigenvalue weighted by atomic mass is 10.1. The van der Waals surface area contributed by atoms with E-state index in [4.69, 9.17) is 21.7 Å².